The van der Waals surface area contributed by atoms with Gasteiger partial charge in [0.1, 0.15) is 11.4 Å². The minimum absolute atomic E-state index is 0.0404. The first-order valence-corrected chi connectivity index (χ1v) is 7.87. The molecule has 8 heteroatoms. The topological polar surface area (TPSA) is 63.4 Å². The van der Waals surface area contributed by atoms with Gasteiger partial charge in [0, 0.05) is 6.54 Å². The fourth-order valence-corrected chi connectivity index (χ4v) is 3.93. The number of benzene rings is 1. The van der Waals surface area contributed by atoms with Crippen LogP contribution < -0.4 is 5.73 Å². The maximum atomic E-state index is 12.6. The van der Waals surface area contributed by atoms with Gasteiger partial charge >= 0.3 is 6.18 Å². The number of aryl methyl sites for hydroxylation is 1. The third-order valence-corrected chi connectivity index (χ3v) is 5.18. The first kappa shape index (κ1) is 17.8. The van der Waals surface area contributed by atoms with E-state index >= 15 is 0 Å². The van der Waals surface area contributed by atoms with Crippen molar-refractivity contribution in [1.82, 2.24) is 4.31 Å². The molecular weight excluding hydrogens is 305 g/mol. The molecule has 0 bridgehead atoms. The number of nitrogens with two attached hydrogens (primary N) is 1. The number of sulfonamides is 1. The number of hydrogen-bond acceptors (Lipinski definition) is 3. The minimum Gasteiger partial charge on any atom is -0.398 e. The van der Waals surface area contributed by atoms with Gasteiger partial charge in [-0.15, -0.1) is 0 Å². The molecule has 21 heavy (non-hydrogen) atoms. The minimum atomic E-state index is -4.60. The van der Waals surface area contributed by atoms with Crippen molar-refractivity contribution in [2.75, 3.05) is 18.8 Å². The van der Waals surface area contributed by atoms with Gasteiger partial charge in [-0.1, -0.05) is 13.0 Å². The number of rotatable bonds is 5. The largest absolute Gasteiger partial charge is 0.402 e. The molecular formula is C13H19F3N2O2S. The van der Waals surface area contributed by atoms with Crippen LogP contribution in [-0.2, 0) is 10.0 Å². The summed E-state index contributed by atoms with van der Waals surface area (Å²) < 4.78 is 63.4. The van der Waals surface area contributed by atoms with Crippen LogP contribution in [-0.4, -0.2) is 32.0 Å². The van der Waals surface area contributed by atoms with Gasteiger partial charge in [-0.3, -0.25) is 0 Å². The molecule has 0 saturated carbocycles. The summed E-state index contributed by atoms with van der Waals surface area (Å²) in [6.45, 7) is 3.11. The van der Waals surface area contributed by atoms with Gasteiger partial charge in [0.15, 0.2) is 0 Å². The molecule has 0 aliphatic carbocycles. The van der Waals surface area contributed by atoms with Crippen LogP contribution >= 0.6 is 0 Å². The predicted molar refractivity (Wildman–Crippen MR) is 75.4 cm³/mol. The molecule has 4 nitrogen and oxygen atoms in total. The molecule has 0 radical (unpaired) electrons. The summed E-state index contributed by atoms with van der Waals surface area (Å²) >= 11 is 0. The molecule has 1 aromatic rings. The Morgan fingerprint density at radius 3 is 2.29 bits per heavy atom. The monoisotopic (exact) mass is 324 g/mol. The lowest BCUT2D eigenvalue weighted by Crippen LogP contribution is -2.40. The zero-order valence-electron chi connectivity index (χ0n) is 12.2. The van der Waals surface area contributed by atoms with Crippen molar-refractivity contribution in [3.8, 4) is 0 Å². The third-order valence-electron chi connectivity index (χ3n) is 3.13. The second kappa shape index (κ2) is 6.23. The smallest absolute Gasteiger partial charge is 0.398 e. The maximum absolute atomic E-state index is 12.6. The molecule has 0 spiro atoms. The number of anilines is 1. The molecule has 0 unspecified atom stereocenters. The average Bonchev–Trinajstić information content (AvgIpc) is 2.32. The van der Waals surface area contributed by atoms with Crippen LogP contribution in [0.1, 0.15) is 24.5 Å². The lowest BCUT2D eigenvalue weighted by Gasteiger charge is -2.25. The van der Waals surface area contributed by atoms with E-state index in [9.17, 15) is 21.6 Å². The Hall–Kier alpha value is -1.28. The number of nitrogen functional groups attached to an aromatic ring is 1. The van der Waals surface area contributed by atoms with Crippen LogP contribution in [0.25, 0.3) is 0 Å². The van der Waals surface area contributed by atoms with Crippen molar-refractivity contribution in [3.63, 3.8) is 0 Å². The summed E-state index contributed by atoms with van der Waals surface area (Å²) in [7, 11) is -4.29. The summed E-state index contributed by atoms with van der Waals surface area (Å²) in [6, 6.07) is 3.03. The van der Waals surface area contributed by atoms with Crippen LogP contribution in [0.4, 0.5) is 18.9 Å². The number of hydrogen-bond donors (Lipinski definition) is 1. The lowest BCUT2D eigenvalue weighted by molar-refractivity contribution is -0.136. The van der Waals surface area contributed by atoms with Crippen LogP contribution in [0.3, 0.4) is 0 Å². The van der Waals surface area contributed by atoms with Crippen LogP contribution in [0.15, 0.2) is 17.0 Å². The van der Waals surface area contributed by atoms with E-state index in [4.69, 9.17) is 5.73 Å². The highest BCUT2D eigenvalue weighted by atomic mass is 32.2. The summed E-state index contributed by atoms with van der Waals surface area (Å²) in [6.07, 6.45) is -4.32. The Morgan fingerprint density at radius 1 is 1.24 bits per heavy atom. The third kappa shape index (κ3) is 4.10. The van der Waals surface area contributed by atoms with E-state index < -0.39 is 22.7 Å². The van der Waals surface area contributed by atoms with Gasteiger partial charge < -0.3 is 5.73 Å². The highest BCUT2D eigenvalue weighted by Gasteiger charge is 2.38. The zero-order valence-corrected chi connectivity index (χ0v) is 13.0. The first-order chi connectivity index (χ1) is 9.50. The van der Waals surface area contributed by atoms with Gasteiger partial charge in [-0.05, 0) is 37.5 Å². The molecule has 1 aromatic carbocycles. The van der Waals surface area contributed by atoms with Crippen molar-refractivity contribution >= 4 is 15.7 Å². The summed E-state index contributed by atoms with van der Waals surface area (Å²) in [5.74, 6) is 0. The van der Waals surface area contributed by atoms with Crippen molar-refractivity contribution in [1.29, 1.82) is 0 Å². The highest BCUT2D eigenvalue weighted by Crippen LogP contribution is 2.30. The molecule has 1 rings (SSSR count). The lowest BCUT2D eigenvalue weighted by atomic mass is 10.1. The Bertz CT molecular complexity index is 613. The highest BCUT2D eigenvalue weighted by molar-refractivity contribution is 7.89. The van der Waals surface area contributed by atoms with E-state index in [-0.39, 0.29) is 23.5 Å². The fourth-order valence-electron chi connectivity index (χ4n) is 2.02. The molecule has 0 aromatic heterocycles. The van der Waals surface area contributed by atoms with E-state index in [1.54, 1.807) is 19.9 Å². The van der Waals surface area contributed by atoms with E-state index in [2.05, 4.69) is 0 Å². The number of nitrogens with zero attached hydrogens (tertiary/aromatic N) is 1. The average molecular weight is 324 g/mol. The van der Waals surface area contributed by atoms with Crippen LogP contribution in [0, 0.1) is 13.8 Å². The molecule has 0 amide bonds. The van der Waals surface area contributed by atoms with Gasteiger partial charge in [-0.25, -0.2) is 8.42 Å². The summed E-state index contributed by atoms with van der Waals surface area (Å²) in [5, 5.41) is 0. The Morgan fingerprint density at radius 2 is 1.81 bits per heavy atom. The van der Waals surface area contributed by atoms with Crippen molar-refractivity contribution in [2.24, 2.45) is 0 Å². The second-order valence-corrected chi connectivity index (χ2v) is 6.75. The fraction of sp³-hybridized carbons (Fsp3) is 0.538. The molecule has 0 fully saturated rings. The van der Waals surface area contributed by atoms with Gasteiger partial charge in [-0.2, -0.15) is 17.5 Å². The molecule has 0 heterocycles. The van der Waals surface area contributed by atoms with Crippen LogP contribution in [0.5, 0.6) is 0 Å². The quantitative estimate of drug-likeness (QED) is 0.847. The van der Waals surface area contributed by atoms with Crippen molar-refractivity contribution < 1.29 is 21.6 Å². The summed E-state index contributed by atoms with van der Waals surface area (Å²) in [5.41, 5.74) is 6.68. The van der Waals surface area contributed by atoms with Crippen LogP contribution in [0.2, 0.25) is 0 Å². The number of alkyl halides is 3. The maximum Gasteiger partial charge on any atom is 0.402 e. The summed E-state index contributed by atoms with van der Waals surface area (Å²) in [4.78, 5) is -0.236. The van der Waals surface area contributed by atoms with E-state index in [1.807, 2.05) is 0 Å². The van der Waals surface area contributed by atoms with Gasteiger partial charge in [0.25, 0.3) is 0 Å². The standard InChI is InChI=1S/C13H19F3N2O2S/c1-4-7-18(8-13(14,15)16)21(19,20)12-10(3)9(2)5-6-11(12)17/h5-6H,4,7-8,17H2,1-3H3. The van der Waals surface area contributed by atoms with Crippen molar-refractivity contribution in [3.05, 3.63) is 23.3 Å². The molecule has 0 atom stereocenters. The van der Waals surface area contributed by atoms with E-state index in [0.717, 1.165) is 0 Å². The van der Waals surface area contributed by atoms with E-state index in [1.165, 1.54) is 13.0 Å². The predicted octanol–water partition coefficient (Wildman–Crippen LogP) is 2.85. The Labute approximate surface area is 122 Å². The molecule has 2 N–H and O–H groups in total. The first-order valence-electron chi connectivity index (χ1n) is 6.43. The van der Waals surface area contributed by atoms with E-state index in [0.29, 0.717) is 15.4 Å². The Balaban J connectivity index is 3.40. The SMILES string of the molecule is CCCN(CC(F)(F)F)S(=O)(=O)c1c(N)ccc(C)c1C. The number of halogens is 3. The van der Waals surface area contributed by atoms with Gasteiger partial charge in [0.2, 0.25) is 10.0 Å². The molecule has 0 saturated heterocycles. The Kier molecular flexibility index (Phi) is 5.27. The molecule has 0 aliphatic rings. The van der Waals surface area contributed by atoms with Crippen molar-refractivity contribution in [2.45, 2.75) is 38.3 Å². The normalized spacial score (nSPS) is 12.9. The zero-order chi connectivity index (χ0) is 16.4. The molecule has 0 aliphatic heterocycles. The molecule has 120 valence electrons. The van der Waals surface area contributed by atoms with Gasteiger partial charge in [0.05, 0.1) is 5.69 Å². The second-order valence-electron chi connectivity index (χ2n) is 4.88.